The first-order valence-electron chi connectivity index (χ1n) is 6.94. The van der Waals surface area contributed by atoms with Crippen molar-refractivity contribution in [2.24, 2.45) is 0 Å². The topological polar surface area (TPSA) is 50.4 Å². The Bertz CT molecular complexity index is 582. The Labute approximate surface area is 133 Å². The lowest BCUT2D eigenvalue weighted by molar-refractivity contribution is -0.143. The van der Waals surface area contributed by atoms with Crippen molar-refractivity contribution in [1.29, 1.82) is 0 Å². The SMILES string of the molecule is C[C@H]1OCCN[C@@H]1C(=O)Nc1cc(C(F)(F)F)cc(C(F)(F)F)c1. The number of alkyl halides is 6. The number of amides is 1. The van der Waals surface area contributed by atoms with Crippen LogP contribution in [0.3, 0.4) is 0 Å². The van der Waals surface area contributed by atoms with Crippen LogP contribution < -0.4 is 10.6 Å². The van der Waals surface area contributed by atoms with Crippen molar-refractivity contribution in [2.45, 2.75) is 31.4 Å². The number of anilines is 1. The summed E-state index contributed by atoms with van der Waals surface area (Å²) in [5.74, 6) is -0.769. The third-order valence-electron chi connectivity index (χ3n) is 3.45. The highest BCUT2D eigenvalue weighted by Crippen LogP contribution is 2.37. The van der Waals surface area contributed by atoms with Gasteiger partial charge in [-0.1, -0.05) is 0 Å². The zero-order valence-corrected chi connectivity index (χ0v) is 12.4. The summed E-state index contributed by atoms with van der Waals surface area (Å²) < 4.78 is 81.9. The molecule has 2 rings (SSSR count). The number of rotatable bonds is 2. The van der Waals surface area contributed by atoms with E-state index in [4.69, 9.17) is 4.74 Å². The predicted octanol–water partition coefficient (Wildman–Crippen LogP) is 3.04. The van der Waals surface area contributed by atoms with Crippen LogP contribution >= 0.6 is 0 Å². The van der Waals surface area contributed by atoms with Gasteiger partial charge in [0.15, 0.2) is 0 Å². The minimum atomic E-state index is -4.97. The van der Waals surface area contributed by atoms with Gasteiger partial charge in [-0.25, -0.2) is 0 Å². The molecule has 1 aromatic rings. The molecular weight excluding hydrogens is 342 g/mol. The highest BCUT2D eigenvalue weighted by atomic mass is 19.4. The number of ether oxygens (including phenoxy) is 1. The maximum atomic E-state index is 12.8. The number of carbonyl (C=O) groups is 1. The van der Waals surface area contributed by atoms with E-state index in [-0.39, 0.29) is 6.07 Å². The minimum absolute atomic E-state index is 0.000249. The molecule has 1 fully saturated rings. The average Bonchev–Trinajstić information content (AvgIpc) is 2.45. The molecule has 134 valence electrons. The lowest BCUT2D eigenvalue weighted by atomic mass is 10.1. The summed E-state index contributed by atoms with van der Waals surface area (Å²) in [5, 5.41) is 4.88. The van der Waals surface area contributed by atoms with E-state index in [0.29, 0.717) is 25.3 Å². The zero-order valence-electron chi connectivity index (χ0n) is 12.4. The van der Waals surface area contributed by atoms with Gasteiger partial charge in [-0.2, -0.15) is 26.3 Å². The van der Waals surface area contributed by atoms with E-state index < -0.39 is 47.2 Å². The number of carbonyl (C=O) groups excluding carboxylic acids is 1. The van der Waals surface area contributed by atoms with E-state index in [0.717, 1.165) is 0 Å². The van der Waals surface area contributed by atoms with Crippen LogP contribution in [0.5, 0.6) is 0 Å². The van der Waals surface area contributed by atoms with E-state index >= 15 is 0 Å². The van der Waals surface area contributed by atoms with Crippen LogP contribution in [0.2, 0.25) is 0 Å². The van der Waals surface area contributed by atoms with Crippen LogP contribution in [0.1, 0.15) is 18.1 Å². The van der Waals surface area contributed by atoms with E-state index in [1.165, 1.54) is 0 Å². The molecule has 1 saturated heterocycles. The molecule has 0 spiro atoms. The van der Waals surface area contributed by atoms with E-state index in [2.05, 4.69) is 10.6 Å². The zero-order chi connectivity index (χ0) is 18.1. The van der Waals surface area contributed by atoms with Gasteiger partial charge < -0.3 is 15.4 Å². The number of hydrogen-bond acceptors (Lipinski definition) is 3. The average molecular weight is 356 g/mol. The normalized spacial score (nSPS) is 22.3. The van der Waals surface area contributed by atoms with Crippen LogP contribution in [0.25, 0.3) is 0 Å². The lowest BCUT2D eigenvalue weighted by Gasteiger charge is -2.29. The van der Waals surface area contributed by atoms with Crippen molar-refractivity contribution < 1.29 is 35.9 Å². The fourth-order valence-corrected chi connectivity index (χ4v) is 2.27. The summed E-state index contributed by atoms with van der Waals surface area (Å²) in [6, 6.07) is 0.0473. The monoisotopic (exact) mass is 356 g/mol. The Morgan fingerprint density at radius 2 is 1.67 bits per heavy atom. The molecule has 1 amide bonds. The highest BCUT2D eigenvalue weighted by Gasteiger charge is 2.37. The number of hydrogen-bond donors (Lipinski definition) is 2. The summed E-state index contributed by atoms with van der Waals surface area (Å²) in [5.41, 5.74) is -3.57. The largest absolute Gasteiger partial charge is 0.416 e. The van der Waals surface area contributed by atoms with Gasteiger partial charge in [0, 0.05) is 12.2 Å². The van der Waals surface area contributed by atoms with Crippen LogP contribution in [0.4, 0.5) is 32.0 Å². The lowest BCUT2D eigenvalue weighted by Crippen LogP contribution is -2.53. The standard InChI is InChI=1S/C14H14F6N2O2/c1-7-11(21-2-3-24-7)12(23)22-10-5-8(13(15,16)17)4-9(6-10)14(18,19)20/h4-7,11,21H,2-3H2,1H3,(H,22,23)/t7-,11+/m1/s1. The molecule has 24 heavy (non-hydrogen) atoms. The first-order chi connectivity index (χ1) is 11.0. The molecule has 0 aliphatic carbocycles. The number of morpholine rings is 1. The Hall–Kier alpha value is -1.81. The second-order valence-electron chi connectivity index (χ2n) is 5.29. The molecule has 1 aromatic carbocycles. The first kappa shape index (κ1) is 18.5. The van der Waals surface area contributed by atoms with Gasteiger partial charge in [0.1, 0.15) is 6.04 Å². The molecule has 10 heteroatoms. The van der Waals surface area contributed by atoms with E-state index in [1.54, 1.807) is 6.92 Å². The molecule has 0 bridgehead atoms. The van der Waals surface area contributed by atoms with Gasteiger partial charge in [0.05, 0.1) is 23.8 Å². The fourth-order valence-electron chi connectivity index (χ4n) is 2.27. The smallest absolute Gasteiger partial charge is 0.375 e. The van der Waals surface area contributed by atoms with Gasteiger partial charge in [0.2, 0.25) is 5.91 Å². The molecule has 0 unspecified atom stereocenters. The molecule has 1 aliphatic heterocycles. The van der Waals surface area contributed by atoms with Crippen LogP contribution in [-0.4, -0.2) is 31.2 Å². The summed E-state index contributed by atoms with van der Waals surface area (Å²) in [7, 11) is 0. The maximum Gasteiger partial charge on any atom is 0.416 e. The molecular formula is C14H14F6N2O2. The number of nitrogens with one attached hydrogen (secondary N) is 2. The summed E-state index contributed by atoms with van der Waals surface area (Å²) >= 11 is 0. The summed E-state index contributed by atoms with van der Waals surface area (Å²) in [6.07, 6.45) is -10.5. The molecule has 2 N–H and O–H groups in total. The Morgan fingerprint density at radius 1 is 1.12 bits per heavy atom. The van der Waals surface area contributed by atoms with Crippen molar-refractivity contribution in [1.82, 2.24) is 5.32 Å². The Kier molecular flexibility index (Phi) is 5.09. The minimum Gasteiger partial charge on any atom is -0.375 e. The molecule has 0 radical (unpaired) electrons. The van der Waals surface area contributed by atoms with Gasteiger partial charge in [0.25, 0.3) is 0 Å². The molecule has 4 nitrogen and oxygen atoms in total. The van der Waals surface area contributed by atoms with Gasteiger partial charge in [-0.15, -0.1) is 0 Å². The predicted molar refractivity (Wildman–Crippen MR) is 72.3 cm³/mol. The number of halogens is 6. The molecule has 2 atom stereocenters. The van der Waals surface area contributed by atoms with Crippen molar-refractivity contribution in [3.63, 3.8) is 0 Å². The summed E-state index contributed by atoms with van der Waals surface area (Å²) in [4.78, 5) is 12.1. The van der Waals surface area contributed by atoms with Crippen LogP contribution in [0.15, 0.2) is 18.2 Å². The second-order valence-corrected chi connectivity index (χ2v) is 5.29. The molecule has 0 saturated carbocycles. The quantitative estimate of drug-likeness (QED) is 0.801. The van der Waals surface area contributed by atoms with Crippen molar-refractivity contribution in [3.05, 3.63) is 29.3 Å². The highest BCUT2D eigenvalue weighted by molar-refractivity contribution is 5.95. The van der Waals surface area contributed by atoms with E-state index in [9.17, 15) is 31.1 Å². The van der Waals surface area contributed by atoms with Crippen molar-refractivity contribution in [3.8, 4) is 0 Å². The van der Waals surface area contributed by atoms with Crippen LogP contribution in [-0.2, 0) is 21.9 Å². The van der Waals surface area contributed by atoms with Gasteiger partial charge in [-0.05, 0) is 25.1 Å². The summed E-state index contributed by atoms with van der Waals surface area (Å²) in [6.45, 7) is 2.27. The third-order valence-corrected chi connectivity index (χ3v) is 3.45. The molecule has 0 aromatic heterocycles. The number of benzene rings is 1. The van der Waals surface area contributed by atoms with Crippen molar-refractivity contribution >= 4 is 11.6 Å². The van der Waals surface area contributed by atoms with Crippen LogP contribution in [0, 0.1) is 0 Å². The van der Waals surface area contributed by atoms with Crippen molar-refractivity contribution in [2.75, 3.05) is 18.5 Å². The molecule has 1 aliphatic rings. The fraction of sp³-hybridized carbons (Fsp3) is 0.500. The third kappa shape index (κ3) is 4.38. The van der Waals surface area contributed by atoms with E-state index in [1.807, 2.05) is 0 Å². The Morgan fingerprint density at radius 3 is 2.12 bits per heavy atom. The van der Waals surface area contributed by atoms with Gasteiger partial charge in [-0.3, -0.25) is 4.79 Å². The second kappa shape index (κ2) is 6.60. The maximum absolute atomic E-state index is 12.8. The Balaban J connectivity index is 2.30. The van der Waals surface area contributed by atoms with Gasteiger partial charge >= 0.3 is 12.4 Å². The molecule has 1 heterocycles. The first-order valence-corrected chi connectivity index (χ1v) is 6.94.